The van der Waals surface area contributed by atoms with Gasteiger partial charge in [0.05, 0.1) is 31.2 Å². The summed E-state index contributed by atoms with van der Waals surface area (Å²) in [7, 11) is 0. The van der Waals surface area contributed by atoms with Gasteiger partial charge in [-0.3, -0.25) is 14.3 Å². The normalized spacial score (nSPS) is 37.4. The Morgan fingerprint density at radius 2 is 2.05 bits per heavy atom. The van der Waals surface area contributed by atoms with E-state index < -0.39 is 24.0 Å². The zero-order valence-electron chi connectivity index (χ0n) is 21.8. The molecule has 11 heteroatoms. The fraction of sp³-hybridized carbons (Fsp3) is 0.607. The zero-order valence-corrected chi connectivity index (χ0v) is 21.8. The highest BCUT2D eigenvalue weighted by atomic mass is 16.5. The molecule has 7 rings (SSSR count). The predicted octanol–water partition coefficient (Wildman–Crippen LogP) is 2.29. The fourth-order valence-electron chi connectivity index (χ4n) is 8.13. The molecule has 2 saturated carbocycles. The topological polar surface area (TPSA) is 166 Å². The highest BCUT2D eigenvalue weighted by molar-refractivity contribution is 5.71. The van der Waals surface area contributed by atoms with E-state index in [0.29, 0.717) is 23.4 Å². The van der Waals surface area contributed by atoms with Gasteiger partial charge in [0.2, 0.25) is 5.95 Å². The van der Waals surface area contributed by atoms with Crippen LogP contribution in [0.4, 0.5) is 5.95 Å². The number of benzene rings is 1. The smallest absolute Gasteiger partial charge is 0.280 e. The molecule has 9 atom stereocenters. The lowest BCUT2D eigenvalue weighted by Gasteiger charge is -2.51. The number of H-pyrrole nitrogens is 1. The molecule has 0 amide bonds. The van der Waals surface area contributed by atoms with Crippen molar-refractivity contribution >= 4 is 17.1 Å². The number of aromatic amines is 1. The second-order valence-corrected chi connectivity index (χ2v) is 12.1. The van der Waals surface area contributed by atoms with Gasteiger partial charge in [0.1, 0.15) is 18.1 Å². The lowest BCUT2D eigenvalue weighted by Crippen LogP contribution is -2.45. The summed E-state index contributed by atoms with van der Waals surface area (Å²) in [6.45, 7) is 1.93. The van der Waals surface area contributed by atoms with E-state index in [-0.39, 0.29) is 47.8 Å². The van der Waals surface area contributed by atoms with Crippen LogP contribution >= 0.6 is 0 Å². The molecule has 1 saturated heterocycles. The number of nitrogens with zero attached hydrogens (tertiary/aromatic N) is 3. The maximum Gasteiger partial charge on any atom is 0.280 e. The highest BCUT2D eigenvalue weighted by Gasteiger charge is 2.55. The molecular formula is C28H35N5O6. The van der Waals surface area contributed by atoms with Crippen molar-refractivity contribution in [3.63, 3.8) is 0 Å². The van der Waals surface area contributed by atoms with Gasteiger partial charge in [-0.1, -0.05) is 13.0 Å². The Kier molecular flexibility index (Phi) is 5.78. The molecule has 3 heterocycles. The largest absolute Gasteiger partial charge is 0.508 e. The van der Waals surface area contributed by atoms with Gasteiger partial charge >= 0.3 is 0 Å². The van der Waals surface area contributed by atoms with Crippen LogP contribution in [-0.2, 0) is 4.74 Å². The Morgan fingerprint density at radius 3 is 2.85 bits per heavy atom. The summed E-state index contributed by atoms with van der Waals surface area (Å²) in [6, 6.07) is 5.38. The van der Waals surface area contributed by atoms with Crippen LogP contribution < -0.4 is 10.9 Å². The molecule has 1 aromatic carbocycles. The van der Waals surface area contributed by atoms with Crippen LogP contribution in [0.2, 0.25) is 0 Å². The van der Waals surface area contributed by atoms with Crippen LogP contribution in [-0.4, -0.2) is 64.9 Å². The number of phenolic OH excluding ortho intramolecular Hbond substituents is 1. The summed E-state index contributed by atoms with van der Waals surface area (Å²) >= 11 is 0. The second kappa shape index (κ2) is 9.02. The molecule has 39 heavy (non-hydrogen) atoms. The van der Waals surface area contributed by atoms with Crippen molar-refractivity contribution in [2.45, 2.75) is 81.9 Å². The number of ether oxygens (including phenoxy) is 1. The molecule has 2 unspecified atom stereocenters. The molecule has 0 bridgehead atoms. The molecule has 4 aliphatic rings. The second-order valence-electron chi connectivity index (χ2n) is 12.1. The third-order valence-corrected chi connectivity index (χ3v) is 10.2. The molecule has 1 aliphatic heterocycles. The Hall–Kier alpha value is -2.99. The molecule has 0 spiro atoms. The Labute approximate surface area is 224 Å². The van der Waals surface area contributed by atoms with Gasteiger partial charge in [-0.25, -0.2) is 4.98 Å². The minimum absolute atomic E-state index is 0.0869. The minimum Gasteiger partial charge on any atom is -0.508 e. The van der Waals surface area contributed by atoms with E-state index in [1.165, 1.54) is 11.9 Å². The van der Waals surface area contributed by atoms with E-state index >= 15 is 0 Å². The Bertz CT molecular complexity index is 1470. The third kappa shape index (κ3) is 3.81. The molecule has 3 fully saturated rings. The van der Waals surface area contributed by atoms with Gasteiger partial charge in [0, 0.05) is 6.42 Å². The SMILES string of the molecule is C[C@]12CC[C@@H]3c4ccc(O)cc4C(Nc4nc5c(ncn5[C@H]5CC(O)[C@@H](CO)O5)c(=O)[nH]4)C[C@H]3[C@@H]1CC[C@H]2O. The molecule has 3 aliphatic carbocycles. The third-order valence-electron chi connectivity index (χ3n) is 10.2. The lowest BCUT2D eigenvalue weighted by atomic mass is 9.54. The number of imidazole rings is 1. The van der Waals surface area contributed by atoms with E-state index in [1.807, 2.05) is 12.1 Å². The van der Waals surface area contributed by atoms with Crippen LogP contribution in [0.5, 0.6) is 5.75 Å². The molecule has 3 aromatic rings. The summed E-state index contributed by atoms with van der Waals surface area (Å²) in [5.74, 6) is 1.61. The van der Waals surface area contributed by atoms with Gasteiger partial charge in [0.15, 0.2) is 11.2 Å². The van der Waals surface area contributed by atoms with Crippen LogP contribution in [0.15, 0.2) is 29.3 Å². The van der Waals surface area contributed by atoms with Crippen molar-refractivity contribution in [2.24, 2.45) is 17.3 Å². The number of aromatic hydroxyl groups is 1. The van der Waals surface area contributed by atoms with E-state index in [1.54, 1.807) is 10.6 Å². The molecule has 6 N–H and O–H groups in total. The monoisotopic (exact) mass is 537 g/mol. The van der Waals surface area contributed by atoms with E-state index in [4.69, 9.17) is 9.72 Å². The number of hydrogen-bond donors (Lipinski definition) is 6. The number of aliphatic hydroxyl groups is 3. The van der Waals surface area contributed by atoms with Crippen molar-refractivity contribution < 1.29 is 25.2 Å². The van der Waals surface area contributed by atoms with Crippen molar-refractivity contribution in [3.05, 3.63) is 46.0 Å². The van der Waals surface area contributed by atoms with Crippen LogP contribution in [0, 0.1) is 17.3 Å². The van der Waals surface area contributed by atoms with Gasteiger partial charge < -0.3 is 30.5 Å². The standard InChI is InChI=1S/C28H35N5O6/c1-28-7-6-15-14-3-2-13(35)8-17(14)19(9-16(15)18(28)4-5-22(28)37)30-27-31-25-24(26(38)32-27)29-12-33(25)23-10-20(36)21(11-34)39-23/h2-3,8,12,15-16,18-23,34-37H,4-7,9-11H2,1H3,(H2,30,31,32,38)/t15-,16-,18+,19?,20?,21-,22-,23-,28+/m1/s1. The molecule has 11 nitrogen and oxygen atoms in total. The number of phenols is 1. The number of rotatable bonds is 4. The first kappa shape index (κ1) is 25.0. The first-order valence-electron chi connectivity index (χ1n) is 14.0. The number of aliphatic hydroxyl groups excluding tert-OH is 3. The molecule has 0 radical (unpaired) electrons. The number of nitrogens with one attached hydrogen (secondary N) is 2. The van der Waals surface area contributed by atoms with Crippen molar-refractivity contribution in [3.8, 4) is 5.75 Å². The average Bonchev–Trinajstić information content (AvgIpc) is 3.59. The predicted molar refractivity (Wildman–Crippen MR) is 141 cm³/mol. The minimum atomic E-state index is -0.827. The summed E-state index contributed by atoms with van der Waals surface area (Å²) < 4.78 is 7.41. The first-order valence-corrected chi connectivity index (χ1v) is 14.0. The lowest BCUT2D eigenvalue weighted by molar-refractivity contribution is -0.0432. The average molecular weight is 538 g/mol. The first-order chi connectivity index (χ1) is 18.8. The Balaban J connectivity index is 1.25. The van der Waals surface area contributed by atoms with E-state index in [0.717, 1.165) is 37.7 Å². The van der Waals surface area contributed by atoms with Crippen LogP contribution in [0.1, 0.15) is 74.8 Å². The van der Waals surface area contributed by atoms with Gasteiger partial charge in [-0.15, -0.1) is 0 Å². The maximum absolute atomic E-state index is 13.0. The van der Waals surface area contributed by atoms with Crippen LogP contribution in [0.25, 0.3) is 11.2 Å². The number of hydrogen-bond acceptors (Lipinski definition) is 9. The maximum atomic E-state index is 13.0. The van der Waals surface area contributed by atoms with E-state index in [2.05, 4.69) is 22.2 Å². The Morgan fingerprint density at radius 1 is 1.21 bits per heavy atom. The van der Waals surface area contributed by atoms with Crippen LogP contribution in [0.3, 0.4) is 0 Å². The highest BCUT2D eigenvalue weighted by Crippen LogP contribution is 2.62. The number of aromatic nitrogens is 4. The van der Waals surface area contributed by atoms with Gasteiger partial charge in [0.25, 0.3) is 5.56 Å². The van der Waals surface area contributed by atoms with E-state index in [9.17, 15) is 25.2 Å². The summed E-state index contributed by atoms with van der Waals surface area (Å²) in [5, 5.41) is 44.4. The summed E-state index contributed by atoms with van der Waals surface area (Å²) in [5.41, 5.74) is 2.22. The number of fused-ring (bicyclic) bond motifs is 6. The van der Waals surface area contributed by atoms with Crippen molar-refractivity contribution in [1.29, 1.82) is 0 Å². The summed E-state index contributed by atoms with van der Waals surface area (Å²) in [6.07, 6.45) is 3.92. The quantitative estimate of drug-likeness (QED) is 0.293. The van der Waals surface area contributed by atoms with Gasteiger partial charge in [-0.2, -0.15) is 4.98 Å². The zero-order chi connectivity index (χ0) is 27.1. The summed E-state index contributed by atoms with van der Waals surface area (Å²) in [4.78, 5) is 24.8. The fourth-order valence-corrected chi connectivity index (χ4v) is 8.13. The van der Waals surface area contributed by atoms with Gasteiger partial charge in [-0.05, 0) is 78.5 Å². The number of anilines is 1. The molecule has 2 aromatic heterocycles. The molecular weight excluding hydrogens is 502 g/mol. The molecule has 208 valence electrons. The van der Waals surface area contributed by atoms with Crippen molar-refractivity contribution in [1.82, 2.24) is 19.5 Å². The van der Waals surface area contributed by atoms with Crippen molar-refractivity contribution in [2.75, 3.05) is 11.9 Å².